The second-order valence-electron chi connectivity index (χ2n) is 24.4. The molecule has 0 atom stereocenters. The number of amides is 2. The smallest absolute Gasteiger partial charge is 0.410 e. The molecule has 0 spiro atoms. The number of hydrogen-bond donors (Lipinski definition) is 0. The van der Waals surface area contributed by atoms with Crippen molar-refractivity contribution in [2.45, 2.75) is 165 Å². The summed E-state index contributed by atoms with van der Waals surface area (Å²) in [7, 11) is 7.37. The van der Waals surface area contributed by atoms with Gasteiger partial charge in [-0.05, 0) is 140 Å². The molecule has 0 saturated carbocycles. The van der Waals surface area contributed by atoms with Gasteiger partial charge in [0, 0.05) is 99.4 Å². The molecule has 2 aliphatic rings. The summed E-state index contributed by atoms with van der Waals surface area (Å²) in [6.45, 7) is 25.7. The number of aryl methyl sites for hydroxylation is 3. The van der Waals surface area contributed by atoms with E-state index < -0.39 is 11.2 Å². The SMILES string of the molecule is CN(CC(=O)CC(C)(C)C)c1nc(-c2cc(Cl)ccn2)nc2c1CCC2.CN(CCCBr)C(=O)OC(C)(C)C.CN(CCCc1ccnc(-c2nc3c(c(N(C)CC(=O)CC(C)(C)C)n2)CCC3)c1)C(=O)OC(C)(C)C. The molecule has 0 unspecified atom stereocenters. The number of carbonyl (C=O) groups excluding carboxylic acids is 4. The number of aromatic nitrogens is 6. The van der Waals surface area contributed by atoms with Crippen molar-refractivity contribution < 1.29 is 28.7 Å². The number of pyridine rings is 2. The Morgan fingerprint density at radius 2 is 1.01 bits per heavy atom. The quantitative estimate of drug-likeness (QED) is 0.0912. The summed E-state index contributed by atoms with van der Waals surface area (Å²) >= 11 is 9.40. The first-order chi connectivity index (χ1) is 35.3. The lowest BCUT2D eigenvalue weighted by Gasteiger charge is -2.24. The van der Waals surface area contributed by atoms with Gasteiger partial charge in [-0.25, -0.2) is 29.5 Å². The largest absolute Gasteiger partial charge is 0.444 e. The Hall–Kier alpha value is -5.29. The van der Waals surface area contributed by atoms with Gasteiger partial charge in [0.25, 0.3) is 0 Å². The van der Waals surface area contributed by atoms with Crippen LogP contribution < -0.4 is 9.80 Å². The highest BCUT2D eigenvalue weighted by molar-refractivity contribution is 9.09. The van der Waals surface area contributed by atoms with E-state index >= 15 is 0 Å². The van der Waals surface area contributed by atoms with E-state index in [0.717, 1.165) is 115 Å². The normalized spacial score (nSPS) is 13.0. The molecular formula is C58H86BrClN10O6. The Morgan fingerprint density at radius 1 is 0.592 bits per heavy atom. The van der Waals surface area contributed by atoms with E-state index in [4.69, 9.17) is 41.0 Å². The number of anilines is 2. The summed E-state index contributed by atoms with van der Waals surface area (Å²) in [4.78, 5) is 83.9. The molecule has 4 heterocycles. The predicted octanol–water partition coefficient (Wildman–Crippen LogP) is 12.0. The Balaban J connectivity index is 0.000000277. The van der Waals surface area contributed by atoms with Crippen LogP contribution in [0.2, 0.25) is 5.02 Å². The highest BCUT2D eigenvalue weighted by Crippen LogP contribution is 2.33. The van der Waals surface area contributed by atoms with Gasteiger partial charge in [-0.2, -0.15) is 0 Å². The van der Waals surface area contributed by atoms with Gasteiger partial charge < -0.3 is 29.1 Å². The van der Waals surface area contributed by atoms with Crippen molar-refractivity contribution in [3.63, 3.8) is 0 Å². The van der Waals surface area contributed by atoms with Crippen LogP contribution in [0.5, 0.6) is 0 Å². The van der Waals surface area contributed by atoms with E-state index in [-0.39, 0.29) is 34.6 Å². The van der Waals surface area contributed by atoms with Crippen molar-refractivity contribution in [3.8, 4) is 23.0 Å². The van der Waals surface area contributed by atoms with E-state index in [9.17, 15) is 19.2 Å². The van der Waals surface area contributed by atoms with Crippen LogP contribution in [0.1, 0.15) is 150 Å². The molecule has 0 bridgehead atoms. The predicted molar refractivity (Wildman–Crippen MR) is 309 cm³/mol. The summed E-state index contributed by atoms with van der Waals surface area (Å²) in [5.74, 6) is 3.26. The molecule has 16 nitrogen and oxygen atoms in total. The molecule has 6 rings (SSSR count). The molecule has 18 heteroatoms. The van der Waals surface area contributed by atoms with Crippen LogP contribution in [0.4, 0.5) is 21.2 Å². The van der Waals surface area contributed by atoms with E-state index in [2.05, 4.69) is 67.4 Å². The third-order valence-corrected chi connectivity index (χ3v) is 12.6. The number of likely N-dealkylation sites (N-methyl/N-ethyl adjacent to an activating group) is 2. The molecule has 2 aliphatic carbocycles. The van der Waals surface area contributed by atoms with Crippen molar-refractivity contribution in [1.82, 2.24) is 39.7 Å². The fourth-order valence-electron chi connectivity index (χ4n) is 8.62. The van der Waals surface area contributed by atoms with Crippen LogP contribution in [-0.2, 0) is 51.2 Å². The zero-order valence-corrected chi connectivity index (χ0v) is 50.8. The Morgan fingerprint density at radius 3 is 1.42 bits per heavy atom. The summed E-state index contributed by atoms with van der Waals surface area (Å²) in [6.07, 6.45) is 12.3. The van der Waals surface area contributed by atoms with Crippen molar-refractivity contribution in [1.29, 1.82) is 0 Å². The number of nitrogens with zero attached hydrogens (tertiary/aromatic N) is 10. The van der Waals surface area contributed by atoms with Gasteiger partial charge in [-0.3, -0.25) is 19.6 Å². The number of hydrogen-bond acceptors (Lipinski definition) is 14. The number of halogens is 2. The number of ether oxygens (including phenoxy) is 2. The number of fused-ring (bicyclic) bond motifs is 2. The molecule has 76 heavy (non-hydrogen) atoms. The van der Waals surface area contributed by atoms with Crippen molar-refractivity contribution in [3.05, 3.63) is 69.8 Å². The van der Waals surface area contributed by atoms with E-state index in [1.54, 1.807) is 48.4 Å². The maximum atomic E-state index is 12.7. The lowest BCUT2D eigenvalue weighted by molar-refractivity contribution is -0.120. The molecule has 0 aliphatic heterocycles. The number of alkyl halides is 1. The van der Waals surface area contributed by atoms with Crippen molar-refractivity contribution >= 4 is 62.9 Å². The number of carbonyl (C=O) groups is 4. The number of rotatable bonds is 17. The number of Topliss-reactive ketones (excluding diaryl/α,β-unsaturated/α-hetero) is 2. The van der Waals surface area contributed by atoms with Gasteiger partial charge >= 0.3 is 12.2 Å². The third kappa shape index (κ3) is 21.6. The van der Waals surface area contributed by atoms with Crippen LogP contribution in [0.25, 0.3) is 23.0 Å². The zero-order valence-electron chi connectivity index (χ0n) is 48.5. The summed E-state index contributed by atoms with van der Waals surface area (Å²) in [5, 5.41) is 1.51. The minimum absolute atomic E-state index is 0.0125. The van der Waals surface area contributed by atoms with Crippen LogP contribution >= 0.6 is 27.5 Å². The molecule has 0 radical (unpaired) electrons. The highest BCUT2D eigenvalue weighted by atomic mass is 79.9. The molecule has 0 saturated heterocycles. The van der Waals surface area contributed by atoms with Crippen LogP contribution in [0.15, 0.2) is 36.7 Å². The van der Waals surface area contributed by atoms with Crippen molar-refractivity contribution in [2.24, 2.45) is 10.8 Å². The maximum absolute atomic E-state index is 12.7. The van der Waals surface area contributed by atoms with Crippen molar-refractivity contribution in [2.75, 3.05) is 69.5 Å². The van der Waals surface area contributed by atoms with E-state index in [1.165, 1.54) is 0 Å². The first kappa shape index (κ1) is 63.2. The molecule has 418 valence electrons. The van der Waals surface area contributed by atoms with Gasteiger partial charge in [-0.1, -0.05) is 69.1 Å². The second-order valence-corrected chi connectivity index (χ2v) is 25.7. The number of ketones is 2. The first-order valence-electron chi connectivity index (χ1n) is 26.6. The Bertz CT molecular complexity index is 2600. The average Bonchev–Trinajstić information content (AvgIpc) is 3.98. The lowest BCUT2D eigenvalue weighted by Crippen LogP contribution is -2.34. The molecule has 0 aromatic carbocycles. The molecule has 4 aromatic rings. The van der Waals surface area contributed by atoms with Crippen LogP contribution in [-0.4, -0.2) is 134 Å². The van der Waals surface area contributed by atoms with Crippen LogP contribution in [0.3, 0.4) is 0 Å². The Kier molecular flexibility index (Phi) is 23.2. The molecule has 2 amide bonds. The fraction of sp³-hybridized carbons (Fsp3) is 0.621. The summed E-state index contributed by atoms with van der Waals surface area (Å²) in [5.41, 5.74) is 5.95. The summed E-state index contributed by atoms with van der Waals surface area (Å²) in [6, 6.07) is 7.52. The van der Waals surface area contributed by atoms with Gasteiger partial charge in [0.05, 0.1) is 13.1 Å². The first-order valence-corrected chi connectivity index (χ1v) is 28.1. The second kappa shape index (κ2) is 27.8. The van der Waals surface area contributed by atoms with E-state index in [0.29, 0.717) is 54.8 Å². The third-order valence-electron chi connectivity index (χ3n) is 11.8. The zero-order chi connectivity index (χ0) is 56.8. The van der Waals surface area contributed by atoms with Crippen LogP contribution in [0, 0.1) is 10.8 Å². The van der Waals surface area contributed by atoms with Gasteiger partial charge in [0.2, 0.25) is 0 Å². The monoisotopic (exact) mass is 1130 g/mol. The van der Waals surface area contributed by atoms with Gasteiger partial charge in [-0.15, -0.1) is 0 Å². The lowest BCUT2D eigenvalue weighted by atomic mass is 9.90. The maximum Gasteiger partial charge on any atom is 0.410 e. The molecular weight excluding hydrogens is 1050 g/mol. The molecule has 0 fully saturated rings. The highest BCUT2D eigenvalue weighted by Gasteiger charge is 2.27. The summed E-state index contributed by atoms with van der Waals surface area (Å²) < 4.78 is 10.6. The van der Waals surface area contributed by atoms with Gasteiger partial charge in [0.15, 0.2) is 23.2 Å². The molecule has 0 N–H and O–H groups in total. The topological polar surface area (TPSA) is 177 Å². The minimum atomic E-state index is -0.506. The average molecular weight is 1130 g/mol. The minimum Gasteiger partial charge on any atom is -0.444 e. The van der Waals surface area contributed by atoms with Gasteiger partial charge in [0.1, 0.15) is 34.2 Å². The Labute approximate surface area is 467 Å². The van der Waals surface area contributed by atoms with E-state index in [1.807, 2.05) is 77.6 Å². The fourth-order valence-corrected chi connectivity index (χ4v) is 9.03. The molecule has 4 aromatic heterocycles. The standard InChI is InChI=1S/C29H43N5O3.C20H25ClN4O.C9H18BrNO2/c1-28(2,3)18-21(35)19-34(8)26-22-12-9-13-23(22)31-25(32-26)24-17-20(14-15-30-24)11-10-16-33(7)27(36)37-29(4,5)6;1-20(2,3)11-14(26)12-25(4)19-15-6-5-7-16(15)23-18(24-19)17-10-13(21)8-9-22-17;1-9(2,3)13-8(12)11(4)7-5-6-10/h14-15,17H,9-13,16,18-19H2,1-8H3;8-10H,5-7,11-12H2,1-4H3;5-7H2,1-4H3.